The summed E-state index contributed by atoms with van der Waals surface area (Å²) in [6.07, 6.45) is 6.25. The minimum Gasteiger partial charge on any atom is -0.306 e. The van der Waals surface area contributed by atoms with Gasteiger partial charge in [-0.1, -0.05) is 49.7 Å². The molecule has 108 valence electrons. The molecule has 3 rings (SSSR count). The molecule has 0 aliphatic carbocycles. The summed E-state index contributed by atoms with van der Waals surface area (Å²) >= 11 is 0. The molecule has 1 atom stereocenters. The van der Waals surface area contributed by atoms with Gasteiger partial charge in [-0.2, -0.15) is 5.10 Å². The molecule has 0 saturated carbocycles. The Morgan fingerprint density at radius 3 is 2.71 bits per heavy atom. The highest BCUT2D eigenvalue weighted by Gasteiger charge is 2.11. The summed E-state index contributed by atoms with van der Waals surface area (Å²) < 4.78 is 1.92. The van der Waals surface area contributed by atoms with E-state index in [1.165, 1.54) is 23.1 Å². The third kappa shape index (κ3) is 3.14. The van der Waals surface area contributed by atoms with Crippen molar-refractivity contribution in [1.82, 2.24) is 14.9 Å². The van der Waals surface area contributed by atoms with Gasteiger partial charge in [-0.25, -0.2) is 4.52 Å². The van der Waals surface area contributed by atoms with E-state index in [9.17, 15) is 0 Å². The van der Waals surface area contributed by atoms with Crippen LogP contribution in [0.1, 0.15) is 36.9 Å². The summed E-state index contributed by atoms with van der Waals surface area (Å²) in [5.41, 5.74) is 3.77. The van der Waals surface area contributed by atoms with E-state index in [2.05, 4.69) is 59.8 Å². The molecule has 2 aromatic heterocycles. The Kier molecular flexibility index (Phi) is 4.31. The third-order valence-electron chi connectivity index (χ3n) is 3.82. The summed E-state index contributed by atoms with van der Waals surface area (Å²) in [6, 6.07) is 17.2. The van der Waals surface area contributed by atoms with E-state index in [1.54, 1.807) is 0 Å². The molecule has 0 bridgehead atoms. The standard InChI is InChI=1S/C18H21N3/c1-2-8-17(15-9-4-3-5-10-15)19-13-16-14-20-21-12-7-6-11-18(16)21/h3-7,9-12,14,17,19H,2,8,13H2,1H3. The van der Waals surface area contributed by atoms with E-state index in [0.717, 1.165) is 13.0 Å². The average molecular weight is 279 g/mol. The zero-order chi connectivity index (χ0) is 14.5. The van der Waals surface area contributed by atoms with Crippen molar-refractivity contribution in [1.29, 1.82) is 0 Å². The summed E-state index contributed by atoms with van der Waals surface area (Å²) in [6.45, 7) is 3.07. The van der Waals surface area contributed by atoms with Crippen molar-refractivity contribution in [2.24, 2.45) is 0 Å². The van der Waals surface area contributed by atoms with Crippen molar-refractivity contribution in [3.63, 3.8) is 0 Å². The van der Waals surface area contributed by atoms with Crippen LogP contribution >= 0.6 is 0 Å². The smallest absolute Gasteiger partial charge is 0.0706 e. The first-order chi connectivity index (χ1) is 10.4. The Morgan fingerprint density at radius 2 is 1.90 bits per heavy atom. The molecule has 3 nitrogen and oxygen atoms in total. The predicted octanol–water partition coefficient (Wildman–Crippen LogP) is 3.97. The number of aromatic nitrogens is 2. The van der Waals surface area contributed by atoms with Crippen LogP contribution in [-0.4, -0.2) is 9.61 Å². The van der Waals surface area contributed by atoms with Crippen LogP contribution in [0.4, 0.5) is 0 Å². The summed E-state index contributed by atoms with van der Waals surface area (Å²) in [4.78, 5) is 0. The molecular weight excluding hydrogens is 258 g/mol. The van der Waals surface area contributed by atoms with Crippen molar-refractivity contribution in [3.05, 3.63) is 72.1 Å². The van der Waals surface area contributed by atoms with Crippen molar-refractivity contribution in [2.45, 2.75) is 32.4 Å². The van der Waals surface area contributed by atoms with Crippen LogP contribution in [0, 0.1) is 0 Å². The minimum atomic E-state index is 0.398. The van der Waals surface area contributed by atoms with Crippen LogP contribution in [0.3, 0.4) is 0 Å². The lowest BCUT2D eigenvalue weighted by molar-refractivity contribution is 0.494. The van der Waals surface area contributed by atoms with Gasteiger partial charge in [0, 0.05) is 24.3 Å². The first-order valence-corrected chi connectivity index (χ1v) is 7.58. The van der Waals surface area contributed by atoms with E-state index >= 15 is 0 Å². The van der Waals surface area contributed by atoms with Gasteiger partial charge in [-0.05, 0) is 24.1 Å². The van der Waals surface area contributed by atoms with Gasteiger partial charge in [-0.15, -0.1) is 0 Å². The molecule has 3 aromatic rings. The van der Waals surface area contributed by atoms with E-state index < -0.39 is 0 Å². The molecule has 1 N–H and O–H groups in total. The van der Waals surface area contributed by atoms with Gasteiger partial charge < -0.3 is 5.32 Å². The SMILES string of the molecule is CCCC(NCc1cnn2ccccc12)c1ccccc1. The summed E-state index contributed by atoms with van der Waals surface area (Å²) in [5.74, 6) is 0. The molecule has 0 aliphatic heterocycles. The van der Waals surface area contributed by atoms with Crippen LogP contribution in [0.25, 0.3) is 5.52 Å². The molecule has 0 spiro atoms. The first-order valence-electron chi connectivity index (χ1n) is 7.58. The number of nitrogens with one attached hydrogen (secondary N) is 1. The maximum absolute atomic E-state index is 4.39. The molecule has 2 heterocycles. The van der Waals surface area contributed by atoms with Gasteiger partial charge >= 0.3 is 0 Å². The fourth-order valence-corrected chi connectivity index (χ4v) is 2.72. The predicted molar refractivity (Wildman–Crippen MR) is 86.1 cm³/mol. The van der Waals surface area contributed by atoms with Crippen LogP contribution in [0.5, 0.6) is 0 Å². The van der Waals surface area contributed by atoms with Crippen molar-refractivity contribution in [2.75, 3.05) is 0 Å². The average Bonchev–Trinajstić information content (AvgIpc) is 2.95. The molecule has 1 unspecified atom stereocenters. The van der Waals surface area contributed by atoms with Gasteiger partial charge in [0.2, 0.25) is 0 Å². The quantitative estimate of drug-likeness (QED) is 0.740. The van der Waals surface area contributed by atoms with E-state index in [0.29, 0.717) is 6.04 Å². The van der Waals surface area contributed by atoms with Gasteiger partial charge in [-0.3, -0.25) is 0 Å². The Hall–Kier alpha value is -2.13. The summed E-state index contributed by atoms with van der Waals surface area (Å²) in [5, 5.41) is 8.07. The topological polar surface area (TPSA) is 29.3 Å². The second-order valence-corrected chi connectivity index (χ2v) is 5.33. The molecule has 0 radical (unpaired) electrons. The highest BCUT2D eigenvalue weighted by atomic mass is 15.2. The second-order valence-electron chi connectivity index (χ2n) is 5.33. The van der Waals surface area contributed by atoms with Crippen LogP contribution in [-0.2, 0) is 6.54 Å². The lowest BCUT2D eigenvalue weighted by Gasteiger charge is -2.18. The molecule has 3 heteroatoms. The Morgan fingerprint density at radius 1 is 1.10 bits per heavy atom. The molecule has 0 aliphatic rings. The number of hydrogen-bond acceptors (Lipinski definition) is 2. The fourth-order valence-electron chi connectivity index (χ4n) is 2.72. The zero-order valence-corrected chi connectivity index (χ0v) is 12.4. The molecule has 0 saturated heterocycles. The van der Waals surface area contributed by atoms with E-state index in [4.69, 9.17) is 0 Å². The highest BCUT2D eigenvalue weighted by Crippen LogP contribution is 2.19. The van der Waals surface area contributed by atoms with Crippen LogP contribution < -0.4 is 5.32 Å². The molecule has 0 fully saturated rings. The maximum Gasteiger partial charge on any atom is 0.0706 e. The summed E-state index contributed by atoms with van der Waals surface area (Å²) in [7, 11) is 0. The number of rotatable bonds is 6. The van der Waals surface area contributed by atoms with E-state index in [-0.39, 0.29) is 0 Å². The van der Waals surface area contributed by atoms with Crippen molar-refractivity contribution < 1.29 is 0 Å². The van der Waals surface area contributed by atoms with Crippen LogP contribution in [0.2, 0.25) is 0 Å². The number of hydrogen-bond donors (Lipinski definition) is 1. The highest BCUT2D eigenvalue weighted by molar-refractivity contribution is 5.53. The first kappa shape index (κ1) is 13.8. The van der Waals surface area contributed by atoms with Crippen molar-refractivity contribution >= 4 is 5.52 Å². The number of nitrogens with zero attached hydrogens (tertiary/aromatic N) is 2. The van der Waals surface area contributed by atoms with Gasteiger partial charge in [0.25, 0.3) is 0 Å². The zero-order valence-electron chi connectivity index (χ0n) is 12.4. The Bertz CT molecular complexity index is 688. The van der Waals surface area contributed by atoms with E-state index in [1.807, 2.05) is 23.0 Å². The molecular formula is C18H21N3. The van der Waals surface area contributed by atoms with Crippen molar-refractivity contribution in [3.8, 4) is 0 Å². The normalized spacial score (nSPS) is 12.6. The monoisotopic (exact) mass is 279 g/mol. The van der Waals surface area contributed by atoms with Gasteiger partial charge in [0.1, 0.15) is 0 Å². The number of benzene rings is 1. The minimum absolute atomic E-state index is 0.398. The second kappa shape index (κ2) is 6.55. The lowest BCUT2D eigenvalue weighted by Crippen LogP contribution is -2.20. The fraction of sp³-hybridized carbons (Fsp3) is 0.278. The number of fused-ring (bicyclic) bond motifs is 1. The lowest BCUT2D eigenvalue weighted by atomic mass is 10.0. The largest absolute Gasteiger partial charge is 0.306 e. The van der Waals surface area contributed by atoms with Gasteiger partial charge in [0.15, 0.2) is 0 Å². The number of pyridine rings is 1. The Labute approximate surface area is 125 Å². The third-order valence-corrected chi connectivity index (χ3v) is 3.82. The molecule has 0 amide bonds. The maximum atomic E-state index is 4.39. The van der Waals surface area contributed by atoms with Gasteiger partial charge in [0.05, 0.1) is 11.7 Å². The Balaban J connectivity index is 1.75. The van der Waals surface area contributed by atoms with Crippen LogP contribution in [0.15, 0.2) is 60.9 Å². The molecule has 1 aromatic carbocycles. The molecule has 21 heavy (non-hydrogen) atoms.